The van der Waals surface area contributed by atoms with Gasteiger partial charge in [0.25, 0.3) is 5.95 Å². The highest BCUT2D eigenvalue weighted by molar-refractivity contribution is 5.85. The molecule has 2 saturated heterocycles. The summed E-state index contributed by atoms with van der Waals surface area (Å²) in [5, 5.41) is 13.0. The number of fused-ring (bicyclic) bond motifs is 1. The molecule has 7 nitrogen and oxygen atoms in total. The molecule has 176 valence electrons. The Kier molecular flexibility index (Phi) is 8.14. The zero-order valence-corrected chi connectivity index (χ0v) is 20.1. The molecule has 1 atom stereocenters. The van der Waals surface area contributed by atoms with Gasteiger partial charge >= 0.3 is 0 Å². The third-order valence-electron chi connectivity index (χ3n) is 6.47. The van der Waals surface area contributed by atoms with Crippen LogP contribution in [0.15, 0.2) is 22.7 Å². The van der Waals surface area contributed by atoms with Crippen LogP contribution in [-0.2, 0) is 0 Å². The van der Waals surface area contributed by atoms with Gasteiger partial charge in [0.15, 0.2) is 0 Å². The van der Waals surface area contributed by atoms with E-state index in [1.807, 2.05) is 19.9 Å². The molecule has 32 heavy (non-hydrogen) atoms. The van der Waals surface area contributed by atoms with Crippen LogP contribution in [0.25, 0.3) is 16.9 Å². The fourth-order valence-electron chi connectivity index (χ4n) is 4.80. The van der Waals surface area contributed by atoms with Gasteiger partial charge in [-0.25, -0.2) is 4.39 Å². The molecule has 0 radical (unpaired) electrons. The summed E-state index contributed by atoms with van der Waals surface area (Å²) in [6.07, 6.45) is 3.29. The van der Waals surface area contributed by atoms with Crippen LogP contribution in [-0.4, -0.2) is 57.5 Å². The number of para-hydroxylation sites is 1. The molecular formula is C22H31Cl2FN6O. The maximum Gasteiger partial charge on any atom is 0.291 e. The Balaban J connectivity index is 0.00000144. The zero-order valence-electron chi connectivity index (χ0n) is 18.5. The van der Waals surface area contributed by atoms with Crippen LogP contribution in [0.3, 0.4) is 0 Å². The lowest BCUT2D eigenvalue weighted by Crippen LogP contribution is -2.37. The molecular weight excluding hydrogens is 454 g/mol. The van der Waals surface area contributed by atoms with E-state index in [0.29, 0.717) is 17.4 Å². The van der Waals surface area contributed by atoms with Crippen molar-refractivity contribution in [1.82, 2.24) is 30.1 Å². The van der Waals surface area contributed by atoms with Gasteiger partial charge in [0.1, 0.15) is 11.3 Å². The summed E-state index contributed by atoms with van der Waals surface area (Å²) < 4.78 is 21.7. The lowest BCUT2D eigenvalue weighted by molar-refractivity contribution is 0.174. The first-order valence-electron chi connectivity index (χ1n) is 11.0. The fraction of sp³-hybridized carbons (Fsp3) is 0.591. The lowest BCUT2D eigenvalue weighted by atomic mass is 9.95. The number of piperidine rings is 1. The van der Waals surface area contributed by atoms with Crippen molar-refractivity contribution in [2.75, 3.05) is 32.7 Å². The van der Waals surface area contributed by atoms with E-state index in [-0.39, 0.29) is 42.5 Å². The first-order valence-corrected chi connectivity index (χ1v) is 11.0. The van der Waals surface area contributed by atoms with Gasteiger partial charge in [-0.15, -0.1) is 24.8 Å². The largest absolute Gasteiger partial charge is 0.337 e. The molecule has 0 amide bonds. The predicted octanol–water partition coefficient (Wildman–Crippen LogP) is 4.30. The summed E-state index contributed by atoms with van der Waals surface area (Å²) in [6, 6.07) is 5.06. The Labute approximate surface area is 199 Å². The van der Waals surface area contributed by atoms with Crippen LogP contribution in [0.2, 0.25) is 0 Å². The van der Waals surface area contributed by atoms with Gasteiger partial charge in [-0.1, -0.05) is 26.0 Å². The van der Waals surface area contributed by atoms with E-state index in [9.17, 15) is 4.39 Å². The number of nitrogens with zero attached hydrogens (tertiary/aromatic N) is 5. The van der Waals surface area contributed by atoms with Crippen LogP contribution in [0, 0.1) is 11.7 Å². The highest BCUT2D eigenvalue weighted by Crippen LogP contribution is 2.31. The summed E-state index contributed by atoms with van der Waals surface area (Å²) >= 11 is 0. The quantitative estimate of drug-likeness (QED) is 0.581. The summed E-state index contributed by atoms with van der Waals surface area (Å²) in [7, 11) is 0. The average Bonchev–Trinajstić information content (AvgIpc) is 3.48. The van der Waals surface area contributed by atoms with Crippen molar-refractivity contribution in [3.05, 3.63) is 35.6 Å². The summed E-state index contributed by atoms with van der Waals surface area (Å²) in [4.78, 5) is 7.18. The smallest absolute Gasteiger partial charge is 0.291 e. The molecule has 2 fully saturated rings. The van der Waals surface area contributed by atoms with Crippen LogP contribution >= 0.6 is 24.8 Å². The second-order valence-electron chi connectivity index (χ2n) is 8.95. The molecule has 0 aliphatic carbocycles. The molecule has 2 aliphatic rings. The molecule has 10 heteroatoms. The van der Waals surface area contributed by atoms with Crippen molar-refractivity contribution in [1.29, 1.82) is 0 Å². The normalized spacial score (nSPS) is 19.9. The van der Waals surface area contributed by atoms with Crippen LogP contribution in [0.4, 0.5) is 4.39 Å². The highest BCUT2D eigenvalue weighted by atomic mass is 35.5. The minimum absolute atomic E-state index is 0. The van der Waals surface area contributed by atoms with Crippen molar-refractivity contribution in [3.8, 4) is 5.95 Å². The molecule has 1 aromatic carbocycles. The van der Waals surface area contributed by atoms with Crippen molar-refractivity contribution in [2.24, 2.45) is 5.92 Å². The molecule has 0 spiro atoms. The van der Waals surface area contributed by atoms with E-state index in [1.165, 1.54) is 23.7 Å². The summed E-state index contributed by atoms with van der Waals surface area (Å²) in [5.41, 5.74) is 1.25. The van der Waals surface area contributed by atoms with E-state index in [2.05, 4.69) is 25.5 Å². The summed E-state index contributed by atoms with van der Waals surface area (Å²) in [5.74, 6) is 1.81. The monoisotopic (exact) mass is 484 g/mol. The fourth-order valence-corrected chi connectivity index (χ4v) is 4.80. The second kappa shape index (κ2) is 10.5. The minimum Gasteiger partial charge on any atom is -0.337 e. The number of hydrogen-bond donors (Lipinski definition) is 1. The lowest BCUT2D eigenvalue weighted by Gasteiger charge is -2.31. The molecule has 2 aromatic heterocycles. The maximum atomic E-state index is 14.6. The van der Waals surface area contributed by atoms with Gasteiger partial charge in [-0.05, 0) is 68.5 Å². The van der Waals surface area contributed by atoms with Crippen LogP contribution in [0.1, 0.15) is 56.5 Å². The molecule has 5 rings (SSSR count). The number of halogens is 3. The Hall–Kier alpha value is -1.74. The molecule has 2 aliphatic heterocycles. The Morgan fingerprint density at radius 2 is 1.97 bits per heavy atom. The molecule has 0 unspecified atom stereocenters. The number of rotatable bonds is 5. The van der Waals surface area contributed by atoms with E-state index in [1.54, 1.807) is 6.07 Å². The van der Waals surface area contributed by atoms with E-state index < -0.39 is 0 Å². The van der Waals surface area contributed by atoms with Crippen molar-refractivity contribution < 1.29 is 8.91 Å². The number of benzene rings is 1. The minimum atomic E-state index is -0.326. The third kappa shape index (κ3) is 4.78. The van der Waals surface area contributed by atoms with Crippen molar-refractivity contribution in [3.63, 3.8) is 0 Å². The molecule has 1 N–H and O–H groups in total. The average molecular weight is 485 g/mol. The Bertz CT molecular complexity index is 1020. The molecule has 0 bridgehead atoms. The Morgan fingerprint density at radius 3 is 2.66 bits per heavy atom. The van der Waals surface area contributed by atoms with Crippen LogP contribution in [0.5, 0.6) is 0 Å². The van der Waals surface area contributed by atoms with Gasteiger partial charge in [0, 0.05) is 17.8 Å². The molecule has 0 saturated carbocycles. The SMILES string of the molecule is CC(C)c1nn(-c2noc(C3CCN(C[C@H]4CCNC4)CC3)n2)c2c(F)cccc12.Cl.Cl. The zero-order chi connectivity index (χ0) is 20.7. The number of hydrogen-bond acceptors (Lipinski definition) is 6. The van der Waals surface area contributed by atoms with Crippen molar-refractivity contribution >= 4 is 35.7 Å². The standard InChI is InChI=1S/C22H29FN6O.2ClH/c1-14(2)19-17-4-3-5-18(23)20(17)29(26-19)22-25-21(30-27-22)16-7-10-28(11-8-16)13-15-6-9-24-12-15;;/h3-5,14-16,24H,6-13H2,1-2H3;2*1H/t15-;;/m0../s1. The number of nitrogens with one attached hydrogen (secondary N) is 1. The van der Waals surface area contributed by atoms with Gasteiger partial charge in [-0.3, -0.25) is 0 Å². The van der Waals surface area contributed by atoms with Crippen LogP contribution < -0.4 is 5.32 Å². The predicted molar refractivity (Wildman–Crippen MR) is 127 cm³/mol. The third-order valence-corrected chi connectivity index (χ3v) is 6.47. The first kappa shape index (κ1) is 24.9. The summed E-state index contributed by atoms with van der Waals surface area (Å²) in [6.45, 7) is 9.66. The second-order valence-corrected chi connectivity index (χ2v) is 8.95. The van der Waals surface area contributed by atoms with Gasteiger partial charge in [-0.2, -0.15) is 14.8 Å². The highest BCUT2D eigenvalue weighted by Gasteiger charge is 2.28. The number of likely N-dealkylation sites (tertiary alicyclic amines) is 1. The van der Waals surface area contributed by atoms with Crippen molar-refractivity contribution in [2.45, 2.75) is 44.9 Å². The van der Waals surface area contributed by atoms with Gasteiger partial charge < -0.3 is 14.7 Å². The first-order chi connectivity index (χ1) is 14.6. The maximum absolute atomic E-state index is 14.6. The van der Waals surface area contributed by atoms with E-state index in [0.717, 1.165) is 56.0 Å². The van der Waals surface area contributed by atoms with Gasteiger partial charge in [0.05, 0.1) is 5.69 Å². The Morgan fingerprint density at radius 1 is 1.19 bits per heavy atom. The molecule has 4 heterocycles. The van der Waals surface area contributed by atoms with E-state index >= 15 is 0 Å². The van der Waals surface area contributed by atoms with E-state index in [4.69, 9.17) is 4.52 Å². The topological polar surface area (TPSA) is 72.0 Å². The molecule has 3 aromatic rings. The number of aromatic nitrogens is 4. The van der Waals surface area contributed by atoms with Gasteiger partial charge in [0.2, 0.25) is 5.89 Å².